The summed E-state index contributed by atoms with van der Waals surface area (Å²) in [5.74, 6) is -0.223. The van der Waals surface area contributed by atoms with Crippen LogP contribution in [0.2, 0.25) is 0 Å². The molecule has 7 nitrogen and oxygen atoms in total. The fraction of sp³-hybridized carbons (Fsp3) is 0.100. The molecule has 1 aromatic heterocycles. The van der Waals surface area contributed by atoms with Crippen LogP contribution >= 0.6 is 0 Å². The van der Waals surface area contributed by atoms with Gasteiger partial charge in [-0.1, -0.05) is 12.1 Å². The van der Waals surface area contributed by atoms with E-state index < -0.39 is 15.8 Å². The van der Waals surface area contributed by atoms with E-state index in [1.165, 1.54) is 43.6 Å². The van der Waals surface area contributed by atoms with E-state index >= 15 is 0 Å². The fourth-order valence-corrected chi connectivity index (χ4v) is 3.19. The van der Waals surface area contributed by atoms with Crippen molar-refractivity contribution >= 4 is 27.4 Å². The summed E-state index contributed by atoms with van der Waals surface area (Å²) < 4.78 is 38.6. The molecule has 9 heteroatoms. The molecular weight excluding hydrogens is 395 g/mol. The molecule has 3 aromatic rings. The predicted octanol–water partition coefficient (Wildman–Crippen LogP) is 2.99. The van der Waals surface area contributed by atoms with Gasteiger partial charge < -0.3 is 10.6 Å². The maximum absolute atomic E-state index is 13.0. The van der Waals surface area contributed by atoms with Crippen molar-refractivity contribution in [3.8, 4) is 0 Å². The van der Waals surface area contributed by atoms with Crippen LogP contribution in [0.15, 0.2) is 71.8 Å². The molecule has 0 fully saturated rings. The Morgan fingerprint density at radius 1 is 1.07 bits per heavy atom. The first kappa shape index (κ1) is 20.4. The van der Waals surface area contributed by atoms with Gasteiger partial charge in [0.1, 0.15) is 16.5 Å². The van der Waals surface area contributed by atoms with E-state index in [0.717, 1.165) is 5.56 Å². The van der Waals surface area contributed by atoms with Gasteiger partial charge >= 0.3 is 0 Å². The zero-order chi connectivity index (χ0) is 20.9. The number of carbonyl (C=O) groups excluding carboxylic acids is 1. The van der Waals surface area contributed by atoms with Crippen molar-refractivity contribution in [2.75, 3.05) is 17.7 Å². The second-order valence-corrected chi connectivity index (χ2v) is 7.99. The van der Waals surface area contributed by atoms with E-state index in [2.05, 4.69) is 20.3 Å². The second-order valence-electron chi connectivity index (χ2n) is 6.10. The van der Waals surface area contributed by atoms with Gasteiger partial charge in [0.2, 0.25) is 10.0 Å². The molecule has 2 aromatic carbocycles. The molecule has 0 spiro atoms. The van der Waals surface area contributed by atoms with Crippen LogP contribution in [-0.4, -0.2) is 26.4 Å². The number of anilines is 2. The lowest BCUT2D eigenvalue weighted by atomic mass is 10.1. The van der Waals surface area contributed by atoms with E-state index in [0.29, 0.717) is 23.6 Å². The summed E-state index contributed by atoms with van der Waals surface area (Å²) in [6, 6.07) is 15.6. The number of hydrogen-bond acceptors (Lipinski definition) is 5. The van der Waals surface area contributed by atoms with Crippen LogP contribution in [0.3, 0.4) is 0 Å². The van der Waals surface area contributed by atoms with Gasteiger partial charge in [-0.3, -0.25) is 4.79 Å². The number of halogens is 1. The molecule has 3 N–H and O–H groups in total. The first-order valence-electron chi connectivity index (χ1n) is 8.67. The van der Waals surface area contributed by atoms with Crippen LogP contribution in [0.1, 0.15) is 15.9 Å². The average molecular weight is 414 g/mol. The molecule has 0 aliphatic rings. The van der Waals surface area contributed by atoms with Crippen molar-refractivity contribution < 1.29 is 17.6 Å². The van der Waals surface area contributed by atoms with Gasteiger partial charge in [0.15, 0.2) is 0 Å². The normalized spacial score (nSPS) is 11.1. The van der Waals surface area contributed by atoms with Gasteiger partial charge in [-0.15, -0.1) is 0 Å². The van der Waals surface area contributed by atoms with Crippen molar-refractivity contribution in [1.82, 2.24) is 9.71 Å². The number of amides is 1. The molecule has 0 unspecified atom stereocenters. The van der Waals surface area contributed by atoms with Crippen molar-refractivity contribution in [1.29, 1.82) is 0 Å². The summed E-state index contributed by atoms with van der Waals surface area (Å²) in [5.41, 5.74) is 1.84. The number of aromatic nitrogens is 1. The van der Waals surface area contributed by atoms with Crippen molar-refractivity contribution in [3.05, 3.63) is 83.8 Å². The largest absolute Gasteiger partial charge is 0.366 e. The summed E-state index contributed by atoms with van der Waals surface area (Å²) in [6.07, 6.45) is 1.27. The van der Waals surface area contributed by atoms with Gasteiger partial charge in [-0.05, 0) is 61.1 Å². The van der Waals surface area contributed by atoms with Crippen molar-refractivity contribution in [2.45, 2.75) is 11.4 Å². The third-order valence-corrected chi connectivity index (χ3v) is 5.48. The number of rotatable bonds is 7. The predicted molar refractivity (Wildman–Crippen MR) is 109 cm³/mol. The molecule has 150 valence electrons. The van der Waals surface area contributed by atoms with Crippen LogP contribution in [0.4, 0.5) is 15.9 Å². The molecule has 0 saturated carbocycles. The van der Waals surface area contributed by atoms with Gasteiger partial charge in [-0.25, -0.2) is 22.5 Å². The van der Waals surface area contributed by atoms with Crippen LogP contribution in [-0.2, 0) is 16.6 Å². The van der Waals surface area contributed by atoms with Gasteiger partial charge in [0.25, 0.3) is 5.91 Å². The Labute approximate surface area is 168 Å². The molecule has 3 rings (SSSR count). The zero-order valence-corrected chi connectivity index (χ0v) is 16.3. The second kappa shape index (κ2) is 8.80. The molecule has 0 saturated heterocycles. The summed E-state index contributed by atoms with van der Waals surface area (Å²) in [4.78, 5) is 16.4. The summed E-state index contributed by atoms with van der Waals surface area (Å²) in [5, 5.41) is 5.86. The third kappa shape index (κ3) is 5.37. The first-order valence-corrected chi connectivity index (χ1v) is 10.1. The number of pyridine rings is 1. The highest BCUT2D eigenvalue weighted by Crippen LogP contribution is 2.15. The molecular formula is C20H19FN4O3S. The summed E-state index contributed by atoms with van der Waals surface area (Å²) in [6.45, 7) is 0.422. The standard InChI is InChI=1S/C20H19FN4O3S/c1-22-29(27,28)18-9-10-19(24-13-18)23-12-14-3-2-4-17(11-14)25-20(26)15-5-7-16(21)8-6-15/h2-11,13,22H,12H2,1H3,(H,23,24)(H,25,26). The lowest BCUT2D eigenvalue weighted by molar-refractivity contribution is 0.102. The molecule has 1 amide bonds. The smallest absolute Gasteiger partial charge is 0.255 e. The number of nitrogens with zero attached hydrogens (tertiary/aromatic N) is 1. The number of nitrogens with one attached hydrogen (secondary N) is 3. The molecule has 0 radical (unpaired) electrons. The Hall–Kier alpha value is -3.30. The van der Waals surface area contributed by atoms with E-state index in [-0.39, 0.29) is 10.8 Å². The fourth-order valence-electron chi connectivity index (χ4n) is 2.52. The zero-order valence-electron chi connectivity index (χ0n) is 15.5. The SMILES string of the molecule is CNS(=O)(=O)c1ccc(NCc2cccc(NC(=O)c3ccc(F)cc3)c2)nc1. The quantitative estimate of drug-likeness (QED) is 0.552. The monoisotopic (exact) mass is 414 g/mol. The van der Waals surface area contributed by atoms with Crippen molar-refractivity contribution in [2.24, 2.45) is 0 Å². The van der Waals surface area contributed by atoms with Crippen LogP contribution in [0, 0.1) is 5.82 Å². The topological polar surface area (TPSA) is 100 Å². The van der Waals surface area contributed by atoms with Crippen LogP contribution in [0.5, 0.6) is 0 Å². The molecule has 1 heterocycles. The average Bonchev–Trinajstić information content (AvgIpc) is 2.73. The maximum Gasteiger partial charge on any atom is 0.255 e. The Kier molecular flexibility index (Phi) is 6.20. The summed E-state index contributed by atoms with van der Waals surface area (Å²) in [7, 11) is -2.19. The van der Waals surface area contributed by atoms with E-state index in [4.69, 9.17) is 0 Å². The highest BCUT2D eigenvalue weighted by Gasteiger charge is 2.11. The highest BCUT2D eigenvalue weighted by molar-refractivity contribution is 7.89. The molecule has 29 heavy (non-hydrogen) atoms. The first-order chi connectivity index (χ1) is 13.9. The van der Waals surface area contributed by atoms with E-state index in [1.54, 1.807) is 24.3 Å². The van der Waals surface area contributed by atoms with Crippen LogP contribution < -0.4 is 15.4 Å². The lowest BCUT2D eigenvalue weighted by Gasteiger charge is -2.10. The Morgan fingerprint density at radius 3 is 2.48 bits per heavy atom. The minimum atomic E-state index is -3.53. The van der Waals surface area contributed by atoms with Crippen LogP contribution in [0.25, 0.3) is 0 Å². The highest BCUT2D eigenvalue weighted by atomic mass is 32.2. The van der Waals surface area contributed by atoms with E-state index in [9.17, 15) is 17.6 Å². The van der Waals surface area contributed by atoms with E-state index in [1.807, 2.05) is 6.07 Å². The number of carbonyl (C=O) groups is 1. The van der Waals surface area contributed by atoms with Gasteiger partial charge in [-0.2, -0.15) is 0 Å². The van der Waals surface area contributed by atoms with Crippen molar-refractivity contribution in [3.63, 3.8) is 0 Å². The number of benzene rings is 2. The Balaban J connectivity index is 1.62. The summed E-state index contributed by atoms with van der Waals surface area (Å²) >= 11 is 0. The number of sulfonamides is 1. The lowest BCUT2D eigenvalue weighted by Crippen LogP contribution is -2.18. The van der Waals surface area contributed by atoms with Gasteiger partial charge in [0, 0.05) is 24.0 Å². The maximum atomic E-state index is 13.0. The molecule has 0 aliphatic carbocycles. The molecule has 0 atom stereocenters. The third-order valence-electron chi connectivity index (χ3n) is 4.08. The Morgan fingerprint density at radius 2 is 1.83 bits per heavy atom. The number of hydrogen-bond donors (Lipinski definition) is 3. The molecule has 0 aliphatic heterocycles. The molecule has 0 bridgehead atoms. The Bertz CT molecular complexity index is 1100. The minimum absolute atomic E-state index is 0.0797. The minimum Gasteiger partial charge on any atom is -0.366 e. The van der Waals surface area contributed by atoms with Gasteiger partial charge in [0.05, 0.1) is 0 Å².